The standard InChI is InChI=1S/C20H28N4O2/c1-4-18-21-20(23-22-18)16-9-11-24(12-10-16)19(25)13-26-17-7-5-15(6-8-17)14(2)3/h5-8,14,16H,4,9-13H2,1-3H3,(H,21,22,23). The second-order valence-corrected chi connectivity index (χ2v) is 7.16. The molecule has 1 amide bonds. The summed E-state index contributed by atoms with van der Waals surface area (Å²) in [5, 5.41) is 7.29. The fourth-order valence-corrected chi connectivity index (χ4v) is 3.22. The highest BCUT2D eigenvalue weighted by Gasteiger charge is 2.26. The van der Waals surface area contributed by atoms with E-state index < -0.39 is 0 Å². The molecule has 1 aromatic heterocycles. The predicted octanol–water partition coefficient (Wildman–Crippen LogP) is 3.28. The highest BCUT2D eigenvalue weighted by Crippen LogP contribution is 2.25. The number of hydrogen-bond donors (Lipinski definition) is 1. The maximum absolute atomic E-state index is 12.4. The molecule has 6 heteroatoms. The lowest BCUT2D eigenvalue weighted by molar-refractivity contribution is -0.134. The lowest BCUT2D eigenvalue weighted by Gasteiger charge is -2.30. The van der Waals surface area contributed by atoms with Gasteiger partial charge in [0.25, 0.3) is 5.91 Å². The van der Waals surface area contributed by atoms with Crippen LogP contribution in [-0.4, -0.2) is 45.7 Å². The summed E-state index contributed by atoms with van der Waals surface area (Å²) in [5.74, 6) is 3.42. The number of nitrogens with one attached hydrogen (secondary N) is 1. The van der Waals surface area contributed by atoms with Gasteiger partial charge in [-0.25, -0.2) is 4.98 Å². The smallest absolute Gasteiger partial charge is 0.260 e. The van der Waals surface area contributed by atoms with Gasteiger partial charge < -0.3 is 9.64 Å². The van der Waals surface area contributed by atoms with Gasteiger partial charge in [-0.15, -0.1) is 0 Å². The van der Waals surface area contributed by atoms with Gasteiger partial charge in [-0.05, 0) is 36.5 Å². The number of rotatable bonds is 6. The third kappa shape index (κ3) is 4.42. The van der Waals surface area contributed by atoms with Gasteiger partial charge in [0.2, 0.25) is 0 Å². The lowest BCUT2D eigenvalue weighted by atomic mass is 9.96. The van der Waals surface area contributed by atoms with Crippen molar-refractivity contribution < 1.29 is 9.53 Å². The van der Waals surface area contributed by atoms with Crippen LogP contribution >= 0.6 is 0 Å². The highest BCUT2D eigenvalue weighted by molar-refractivity contribution is 5.77. The van der Waals surface area contributed by atoms with Crippen LogP contribution in [0.3, 0.4) is 0 Å². The number of benzene rings is 1. The van der Waals surface area contributed by atoms with Crippen molar-refractivity contribution in [3.05, 3.63) is 41.5 Å². The molecule has 0 saturated carbocycles. The minimum atomic E-state index is 0.0422. The van der Waals surface area contributed by atoms with Crippen LogP contribution in [0, 0.1) is 0 Å². The summed E-state index contributed by atoms with van der Waals surface area (Å²) in [4.78, 5) is 18.8. The van der Waals surface area contributed by atoms with Crippen LogP contribution in [0.4, 0.5) is 0 Å². The minimum absolute atomic E-state index is 0.0422. The van der Waals surface area contributed by atoms with Crippen molar-refractivity contribution in [2.45, 2.75) is 51.9 Å². The molecule has 1 aromatic carbocycles. The van der Waals surface area contributed by atoms with Gasteiger partial charge in [-0.2, -0.15) is 5.10 Å². The number of carbonyl (C=O) groups is 1. The molecule has 26 heavy (non-hydrogen) atoms. The Bertz CT molecular complexity index is 716. The van der Waals surface area contributed by atoms with Crippen LogP contribution in [-0.2, 0) is 11.2 Å². The van der Waals surface area contributed by atoms with Gasteiger partial charge >= 0.3 is 0 Å². The molecule has 1 N–H and O–H groups in total. The van der Waals surface area contributed by atoms with Crippen molar-refractivity contribution in [1.29, 1.82) is 0 Å². The van der Waals surface area contributed by atoms with Crippen molar-refractivity contribution in [2.75, 3.05) is 19.7 Å². The number of hydrogen-bond acceptors (Lipinski definition) is 4. The fraction of sp³-hybridized carbons (Fsp3) is 0.550. The molecule has 0 radical (unpaired) electrons. The Labute approximate surface area is 155 Å². The van der Waals surface area contributed by atoms with Crippen LogP contribution < -0.4 is 4.74 Å². The van der Waals surface area contributed by atoms with Crippen molar-refractivity contribution in [3.8, 4) is 5.75 Å². The normalized spacial score (nSPS) is 15.5. The lowest BCUT2D eigenvalue weighted by Crippen LogP contribution is -2.40. The van der Waals surface area contributed by atoms with E-state index in [1.165, 1.54) is 5.56 Å². The zero-order valence-electron chi connectivity index (χ0n) is 15.9. The monoisotopic (exact) mass is 356 g/mol. The van der Waals surface area contributed by atoms with E-state index in [2.05, 4.69) is 48.1 Å². The molecule has 3 rings (SSSR count). The number of carbonyl (C=O) groups excluding carboxylic acids is 1. The van der Waals surface area contributed by atoms with E-state index in [-0.39, 0.29) is 12.5 Å². The summed E-state index contributed by atoms with van der Waals surface area (Å²) >= 11 is 0. The first-order valence-electron chi connectivity index (χ1n) is 9.48. The number of amides is 1. The molecule has 0 aliphatic carbocycles. The van der Waals surface area contributed by atoms with E-state index in [0.717, 1.165) is 49.8 Å². The summed E-state index contributed by atoms with van der Waals surface area (Å²) in [5.41, 5.74) is 1.27. The van der Waals surface area contributed by atoms with E-state index in [9.17, 15) is 4.79 Å². The summed E-state index contributed by atoms with van der Waals surface area (Å²) in [7, 11) is 0. The minimum Gasteiger partial charge on any atom is -0.484 e. The SMILES string of the molecule is CCc1nc(C2CCN(C(=O)COc3ccc(C(C)C)cc3)CC2)n[nH]1. The molecule has 2 aromatic rings. The molecule has 140 valence electrons. The predicted molar refractivity (Wildman–Crippen MR) is 100 cm³/mol. The van der Waals surface area contributed by atoms with E-state index in [1.807, 2.05) is 17.0 Å². The Morgan fingerprint density at radius 2 is 1.96 bits per heavy atom. The summed E-state index contributed by atoms with van der Waals surface area (Å²) < 4.78 is 5.66. The molecular formula is C20H28N4O2. The van der Waals surface area contributed by atoms with E-state index in [4.69, 9.17) is 4.74 Å². The Hall–Kier alpha value is -2.37. The number of nitrogens with zero attached hydrogens (tertiary/aromatic N) is 3. The first kappa shape index (κ1) is 18.4. The molecule has 1 saturated heterocycles. The second-order valence-electron chi connectivity index (χ2n) is 7.16. The Morgan fingerprint density at radius 3 is 2.54 bits per heavy atom. The Morgan fingerprint density at radius 1 is 1.27 bits per heavy atom. The number of aryl methyl sites for hydroxylation is 1. The van der Waals surface area contributed by atoms with E-state index in [0.29, 0.717) is 11.8 Å². The largest absolute Gasteiger partial charge is 0.484 e. The summed E-state index contributed by atoms with van der Waals surface area (Å²) in [6, 6.07) is 7.97. The van der Waals surface area contributed by atoms with Crippen LogP contribution in [0.15, 0.2) is 24.3 Å². The van der Waals surface area contributed by atoms with Crippen molar-refractivity contribution >= 4 is 5.91 Å². The first-order chi connectivity index (χ1) is 12.6. The molecule has 0 spiro atoms. The van der Waals surface area contributed by atoms with Gasteiger partial charge in [-0.1, -0.05) is 32.9 Å². The van der Waals surface area contributed by atoms with Crippen LogP contribution in [0.2, 0.25) is 0 Å². The molecule has 1 aliphatic heterocycles. The number of H-pyrrole nitrogens is 1. The van der Waals surface area contributed by atoms with Crippen molar-refractivity contribution in [1.82, 2.24) is 20.1 Å². The third-order valence-corrected chi connectivity index (χ3v) is 5.01. The molecular weight excluding hydrogens is 328 g/mol. The molecule has 0 unspecified atom stereocenters. The quantitative estimate of drug-likeness (QED) is 0.862. The van der Waals surface area contributed by atoms with E-state index in [1.54, 1.807) is 0 Å². The topological polar surface area (TPSA) is 71.1 Å². The van der Waals surface area contributed by atoms with Gasteiger partial charge in [0.15, 0.2) is 12.4 Å². The van der Waals surface area contributed by atoms with Gasteiger partial charge in [0.1, 0.15) is 11.6 Å². The van der Waals surface area contributed by atoms with Gasteiger partial charge in [-0.3, -0.25) is 9.89 Å². The maximum atomic E-state index is 12.4. The molecule has 1 aliphatic rings. The van der Waals surface area contributed by atoms with Crippen molar-refractivity contribution in [2.24, 2.45) is 0 Å². The zero-order valence-corrected chi connectivity index (χ0v) is 15.9. The summed E-state index contributed by atoms with van der Waals surface area (Å²) in [6.45, 7) is 7.92. The molecule has 0 atom stereocenters. The average molecular weight is 356 g/mol. The highest BCUT2D eigenvalue weighted by atomic mass is 16.5. The Kier molecular flexibility index (Phi) is 5.91. The van der Waals surface area contributed by atoms with Gasteiger partial charge in [0.05, 0.1) is 0 Å². The fourth-order valence-electron chi connectivity index (χ4n) is 3.22. The second kappa shape index (κ2) is 8.34. The number of ether oxygens (including phenoxy) is 1. The van der Waals surface area contributed by atoms with E-state index >= 15 is 0 Å². The van der Waals surface area contributed by atoms with Crippen LogP contribution in [0.25, 0.3) is 0 Å². The molecule has 2 heterocycles. The summed E-state index contributed by atoms with van der Waals surface area (Å²) in [6.07, 6.45) is 2.66. The van der Waals surface area contributed by atoms with Crippen LogP contribution in [0.1, 0.15) is 62.7 Å². The maximum Gasteiger partial charge on any atom is 0.260 e. The zero-order chi connectivity index (χ0) is 18.5. The number of aromatic nitrogens is 3. The average Bonchev–Trinajstić information content (AvgIpc) is 3.16. The Balaban J connectivity index is 1.46. The number of piperidine rings is 1. The van der Waals surface area contributed by atoms with Crippen LogP contribution in [0.5, 0.6) is 5.75 Å². The molecule has 0 bridgehead atoms. The number of aromatic amines is 1. The van der Waals surface area contributed by atoms with Crippen molar-refractivity contribution in [3.63, 3.8) is 0 Å². The third-order valence-electron chi connectivity index (χ3n) is 5.01. The van der Waals surface area contributed by atoms with Gasteiger partial charge in [0, 0.05) is 25.4 Å². The first-order valence-corrected chi connectivity index (χ1v) is 9.48. The molecule has 6 nitrogen and oxygen atoms in total. The number of likely N-dealkylation sites (tertiary alicyclic amines) is 1. The molecule has 1 fully saturated rings.